The highest BCUT2D eigenvalue weighted by atomic mass is 32.1. The maximum Gasteiger partial charge on any atom is 0.226 e. The van der Waals surface area contributed by atoms with E-state index in [0.29, 0.717) is 19.1 Å². The van der Waals surface area contributed by atoms with E-state index in [1.54, 1.807) is 6.07 Å². The maximum absolute atomic E-state index is 13.3. The fourth-order valence-corrected chi connectivity index (χ4v) is 4.57. The third-order valence-corrected chi connectivity index (χ3v) is 6.14. The first kappa shape index (κ1) is 15.8. The number of nitrogens with zero attached hydrogens (tertiary/aromatic N) is 2. The van der Waals surface area contributed by atoms with Crippen molar-refractivity contribution in [2.45, 2.75) is 44.6 Å². The first-order chi connectivity index (χ1) is 11.7. The maximum atomic E-state index is 13.3. The smallest absolute Gasteiger partial charge is 0.226 e. The lowest BCUT2D eigenvalue weighted by Gasteiger charge is -2.38. The van der Waals surface area contributed by atoms with Crippen LogP contribution in [0.3, 0.4) is 0 Å². The summed E-state index contributed by atoms with van der Waals surface area (Å²) in [6.45, 7) is 1.42. The van der Waals surface area contributed by atoms with Gasteiger partial charge >= 0.3 is 0 Å². The van der Waals surface area contributed by atoms with Crippen molar-refractivity contribution in [2.24, 2.45) is 5.92 Å². The minimum atomic E-state index is -0.234. The second-order valence-corrected chi connectivity index (χ2v) is 7.92. The zero-order chi connectivity index (χ0) is 16.5. The van der Waals surface area contributed by atoms with E-state index in [-0.39, 0.29) is 17.6 Å². The van der Waals surface area contributed by atoms with Crippen LogP contribution >= 0.6 is 11.3 Å². The average molecular weight is 347 g/mol. The van der Waals surface area contributed by atoms with Crippen LogP contribution in [0.2, 0.25) is 0 Å². The molecule has 6 heteroatoms. The number of thiazole rings is 1. The van der Waals surface area contributed by atoms with E-state index in [4.69, 9.17) is 0 Å². The highest BCUT2D eigenvalue weighted by Gasteiger charge is 2.35. The molecular weight excluding hydrogens is 325 g/mol. The summed E-state index contributed by atoms with van der Waals surface area (Å²) in [5, 5.41) is 4.12. The standard InChI is InChI=1S/C18H22FN3OS/c19-13-7-8-15-16(9-13)24-18(21-15)22-10-12(11-22)17(23)20-14-5-3-1-2-4-6-14/h7-9,12,14H,1-6,10-11H2,(H,20,23). The molecule has 1 aliphatic carbocycles. The van der Waals surface area contributed by atoms with Gasteiger partial charge in [0.1, 0.15) is 5.82 Å². The highest BCUT2D eigenvalue weighted by molar-refractivity contribution is 7.22. The number of aromatic nitrogens is 1. The Morgan fingerprint density at radius 2 is 1.96 bits per heavy atom. The number of amides is 1. The molecule has 1 aliphatic heterocycles. The number of halogens is 1. The van der Waals surface area contributed by atoms with Gasteiger partial charge in [-0.05, 0) is 31.0 Å². The number of anilines is 1. The van der Waals surface area contributed by atoms with Crippen LogP contribution in [0.15, 0.2) is 18.2 Å². The molecule has 2 aromatic rings. The molecule has 128 valence electrons. The van der Waals surface area contributed by atoms with E-state index in [2.05, 4.69) is 15.2 Å². The van der Waals surface area contributed by atoms with Gasteiger partial charge in [0, 0.05) is 19.1 Å². The minimum absolute atomic E-state index is 0.0528. The summed E-state index contributed by atoms with van der Waals surface area (Å²) in [5.41, 5.74) is 0.822. The summed E-state index contributed by atoms with van der Waals surface area (Å²) in [6, 6.07) is 5.03. The number of benzene rings is 1. The lowest BCUT2D eigenvalue weighted by molar-refractivity contribution is -0.126. The molecular formula is C18H22FN3OS. The molecule has 24 heavy (non-hydrogen) atoms. The lowest BCUT2D eigenvalue weighted by atomic mass is 9.98. The van der Waals surface area contributed by atoms with Crippen LogP contribution in [0.4, 0.5) is 9.52 Å². The number of hydrogen-bond donors (Lipinski definition) is 1. The quantitative estimate of drug-likeness (QED) is 0.861. The predicted molar refractivity (Wildman–Crippen MR) is 94.9 cm³/mol. The van der Waals surface area contributed by atoms with E-state index in [9.17, 15) is 9.18 Å². The molecule has 1 N–H and O–H groups in total. The van der Waals surface area contributed by atoms with Gasteiger partial charge in [-0.1, -0.05) is 37.0 Å². The molecule has 1 amide bonds. The Kier molecular flexibility index (Phi) is 4.39. The van der Waals surface area contributed by atoms with Gasteiger partial charge in [-0.15, -0.1) is 0 Å². The van der Waals surface area contributed by atoms with Gasteiger partial charge in [-0.25, -0.2) is 9.37 Å². The van der Waals surface area contributed by atoms with E-state index in [1.807, 2.05) is 0 Å². The van der Waals surface area contributed by atoms with Gasteiger partial charge in [0.2, 0.25) is 5.91 Å². The lowest BCUT2D eigenvalue weighted by Crippen LogP contribution is -2.55. The van der Waals surface area contributed by atoms with Crippen molar-refractivity contribution in [3.63, 3.8) is 0 Å². The molecule has 1 saturated heterocycles. The first-order valence-electron chi connectivity index (χ1n) is 8.80. The van der Waals surface area contributed by atoms with Crippen molar-refractivity contribution >= 4 is 32.6 Å². The number of hydrogen-bond acceptors (Lipinski definition) is 4. The summed E-state index contributed by atoms with van der Waals surface area (Å²) in [5.74, 6) is 0.00395. The molecule has 2 aliphatic rings. The number of fused-ring (bicyclic) bond motifs is 1. The van der Waals surface area contributed by atoms with E-state index >= 15 is 0 Å². The van der Waals surface area contributed by atoms with Crippen molar-refractivity contribution in [1.82, 2.24) is 10.3 Å². The van der Waals surface area contributed by atoms with Crippen molar-refractivity contribution in [1.29, 1.82) is 0 Å². The van der Waals surface area contributed by atoms with E-state index in [0.717, 1.165) is 28.2 Å². The largest absolute Gasteiger partial charge is 0.353 e. The van der Waals surface area contributed by atoms with Crippen LogP contribution < -0.4 is 10.2 Å². The monoisotopic (exact) mass is 347 g/mol. The van der Waals surface area contributed by atoms with E-state index in [1.165, 1.54) is 49.2 Å². The second-order valence-electron chi connectivity index (χ2n) is 6.91. The molecule has 0 bridgehead atoms. The first-order valence-corrected chi connectivity index (χ1v) is 9.62. The Hall–Kier alpha value is -1.69. The number of rotatable bonds is 3. The molecule has 1 saturated carbocycles. The number of nitrogens with one attached hydrogen (secondary N) is 1. The Bertz CT molecular complexity index is 733. The second kappa shape index (κ2) is 6.67. The molecule has 1 aromatic heterocycles. The summed E-state index contributed by atoms with van der Waals surface area (Å²) in [7, 11) is 0. The normalized spacial score (nSPS) is 20.0. The fourth-order valence-electron chi connectivity index (χ4n) is 3.56. The molecule has 1 aromatic carbocycles. The Morgan fingerprint density at radius 3 is 2.71 bits per heavy atom. The van der Waals surface area contributed by atoms with E-state index < -0.39 is 0 Å². The Morgan fingerprint density at radius 1 is 1.21 bits per heavy atom. The molecule has 4 rings (SSSR count). The van der Waals surface area contributed by atoms with Crippen LogP contribution in [0.25, 0.3) is 10.2 Å². The van der Waals surface area contributed by atoms with Crippen molar-refractivity contribution in [3.05, 3.63) is 24.0 Å². The predicted octanol–water partition coefficient (Wildman–Crippen LogP) is 3.71. The van der Waals surface area contributed by atoms with Gasteiger partial charge in [-0.3, -0.25) is 4.79 Å². The zero-order valence-corrected chi connectivity index (χ0v) is 14.4. The average Bonchev–Trinajstić information content (AvgIpc) is 2.73. The third kappa shape index (κ3) is 3.24. The Labute approximate surface area is 145 Å². The summed E-state index contributed by atoms with van der Waals surface area (Å²) < 4.78 is 14.1. The highest BCUT2D eigenvalue weighted by Crippen LogP contribution is 2.33. The number of carbonyl (C=O) groups excluding carboxylic acids is 1. The molecule has 0 radical (unpaired) electrons. The minimum Gasteiger partial charge on any atom is -0.353 e. The number of carbonyl (C=O) groups is 1. The molecule has 0 unspecified atom stereocenters. The fraction of sp³-hybridized carbons (Fsp3) is 0.556. The molecule has 0 spiro atoms. The van der Waals surface area contributed by atoms with Gasteiger partial charge in [-0.2, -0.15) is 0 Å². The SMILES string of the molecule is O=C(NC1CCCCCC1)C1CN(c2nc3ccc(F)cc3s2)C1. The molecule has 4 nitrogen and oxygen atoms in total. The van der Waals surface area contributed by atoms with Crippen molar-refractivity contribution in [2.75, 3.05) is 18.0 Å². The van der Waals surface area contributed by atoms with Gasteiger partial charge < -0.3 is 10.2 Å². The molecule has 2 fully saturated rings. The zero-order valence-electron chi connectivity index (χ0n) is 13.6. The van der Waals surface area contributed by atoms with Crippen LogP contribution in [0.5, 0.6) is 0 Å². The summed E-state index contributed by atoms with van der Waals surface area (Å²) in [4.78, 5) is 19.0. The molecule has 2 heterocycles. The van der Waals surface area contributed by atoms with Crippen LogP contribution in [0.1, 0.15) is 38.5 Å². The summed E-state index contributed by atoms with van der Waals surface area (Å²) >= 11 is 1.49. The Balaban J connectivity index is 1.34. The van der Waals surface area contributed by atoms with Crippen LogP contribution in [-0.4, -0.2) is 30.0 Å². The van der Waals surface area contributed by atoms with Gasteiger partial charge in [0.15, 0.2) is 5.13 Å². The topological polar surface area (TPSA) is 45.2 Å². The van der Waals surface area contributed by atoms with Gasteiger partial charge in [0.25, 0.3) is 0 Å². The third-order valence-electron chi connectivity index (χ3n) is 5.06. The van der Waals surface area contributed by atoms with Crippen LogP contribution in [-0.2, 0) is 4.79 Å². The van der Waals surface area contributed by atoms with Crippen molar-refractivity contribution in [3.8, 4) is 0 Å². The van der Waals surface area contributed by atoms with Crippen LogP contribution in [0, 0.1) is 11.7 Å². The summed E-state index contributed by atoms with van der Waals surface area (Å²) in [6.07, 6.45) is 7.27. The van der Waals surface area contributed by atoms with Crippen molar-refractivity contribution < 1.29 is 9.18 Å². The van der Waals surface area contributed by atoms with Gasteiger partial charge in [0.05, 0.1) is 16.1 Å². The molecule has 0 atom stereocenters.